The van der Waals surface area contributed by atoms with E-state index in [1.165, 1.54) is 12.8 Å². The summed E-state index contributed by atoms with van der Waals surface area (Å²) in [5.74, 6) is 0.935. The van der Waals surface area contributed by atoms with Crippen molar-refractivity contribution in [3.05, 3.63) is 11.4 Å². The quantitative estimate of drug-likeness (QED) is 0.926. The Bertz CT molecular complexity index is 590. The van der Waals surface area contributed by atoms with Gasteiger partial charge in [0.25, 0.3) is 0 Å². The third kappa shape index (κ3) is 3.51. The van der Waals surface area contributed by atoms with E-state index in [-0.39, 0.29) is 17.6 Å². The molecule has 3 rings (SSSR count). The van der Waals surface area contributed by atoms with E-state index in [1.54, 1.807) is 0 Å². The van der Waals surface area contributed by atoms with E-state index in [4.69, 9.17) is 0 Å². The van der Waals surface area contributed by atoms with Crippen molar-refractivity contribution in [1.82, 2.24) is 9.97 Å². The van der Waals surface area contributed by atoms with Crippen molar-refractivity contribution in [2.45, 2.75) is 52.4 Å². The molecule has 1 aliphatic carbocycles. The van der Waals surface area contributed by atoms with E-state index < -0.39 is 0 Å². The first-order valence-corrected chi connectivity index (χ1v) is 8.47. The van der Waals surface area contributed by atoms with Gasteiger partial charge in [0.15, 0.2) is 0 Å². The van der Waals surface area contributed by atoms with Gasteiger partial charge in [-0.25, -0.2) is 9.97 Å². The molecule has 1 aliphatic heterocycles. The first-order chi connectivity index (χ1) is 11.0. The van der Waals surface area contributed by atoms with Gasteiger partial charge in [0.05, 0.1) is 17.1 Å². The average molecular weight is 316 g/mol. The number of anilines is 2. The van der Waals surface area contributed by atoms with Gasteiger partial charge in [-0.1, -0.05) is 0 Å². The molecule has 23 heavy (non-hydrogen) atoms. The fourth-order valence-electron chi connectivity index (χ4n) is 3.37. The number of aryl methyl sites for hydroxylation is 2. The first kappa shape index (κ1) is 15.9. The molecule has 0 unspecified atom stereocenters. The van der Waals surface area contributed by atoms with Gasteiger partial charge in [0.1, 0.15) is 5.78 Å². The topological polar surface area (TPSA) is 75.2 Å². The molecule has 1 amide bonds. The number of aromatic nitrogens is 2. The van der Waals surface area contributed by atoms with E-state index in [9.17, 15) is 9.59 Å². The Morgan fingerprint density at radius 1 is 1.09 bits per heavy atom. The zero-order valence-electron chi connectivity index (χ0n) is 13.9. The summed E-state index contributed by atoms with van der Waals surface area (Å²) in [6.45, 7) is 5.82. The first-order valence-electron chi connectivity index (χ1n) is 8.47. The van der Waals surface area contributed by atoms with Crippen molar-refractivity contribution in [2.24, 2.45) is 5.92 Å². The lowest BCUT2D eigenvalue weighted by molar-refractivity contribution is -0.125. The number of nitrogens with zero attached hydrogens (tertiary/aromatic N) is 3. The van der Waals surface area contributed by atoms with Gasteiger partial charge in [0.2, 0.25) is 11.9 Å². The Morgan fingerprint density at radius 2 is 1.65 bits per heavy atom. The van der Waals surface area contributed by atoms with Gasteiger partial charge in [-0.15, -0.1) is 0 Å². The number of hydrogen-bond donors (Lipinski definition) is 1. The van der Waals surface area contributed by atoms with Crippen molar-refractivity contribution in [1.29, 1.82) is 0 Å². The summed E-state index contributed by atoms with van der Waals surface area (Å²) >= 11 is 0. The molecule has 2 heterocycles. The SMILES string of the molecule is Cc1nc(N2CCCC2)nc(C)c1NC(=O)C1CCC(=O)CC1. The Kier molecular flexibility index (Phi) is 4.59. The number of Topliss-reactive ketones (excluding diaryl/α,β-unsaturated/α-hetero) is 1. The summed E-state index contributed by atoms with van der Waals surface area (Å²) in [7, 11) is 0. The second-order valence-corrected chi connectivity index (χ2v) is 6.57. The molecule has 1 aromatic heterocycles. The number of carbonyl (C=O) groups is 2. The Labute approximate surface area is 136 Å². The molecule has 1 saturated heterocycles. The predicted octanol–water partition coefficient (Wildman–Crippen LogP) is 2.39. The standard InChI is InChI=1S/C17H24N4O2/c1-11-15(20-16(23)13-5-7-14(22)8-6-13)12(2)19-17(18-11)21-9-3-4-10-21/h13H,3-10H2,1-2H3,(H,20,23). The summed E-state index contributed by atoms with van der Waals surface area (Å²) < 4.78 is 0. The van der Waals surface area contributed by atoms with Crippen LogP contribution in [0.25, 0.3) is 0 Å². The highest BCUT2D eigenvalue weighted by atomic mass is 16.2. The highest BCUT2D eigenvalue weighted by Crippen LogP contribution is 2.26. The lowest BCUT2D eigenvalue weighted by Crippen LogP contribution is -2.28. The van der Waals surface area contributed by atoms with Gasteiger partial charge in [-0.3, -0.25) is 9.59 Å². The predicted molar refractivity (Wildman–Crippen MR) is 88.5 cm³/mol. The lowest BCUT2D eigenvalue weighted by atomic mass is 9.88. The molecule has 0 radical (unpaired) electrons. The molecule has 6 nitrogen and oxygen atoms in total. The van der Waals surface area contributed by atoms with Crippen LogP contribution in [-0.2, 0) is 9.59 Å². The maximum atomic E-state index is 12.4. The van der Waals surface area contributed by atoms with Gasteiger partial charge in [0, 0.05) is 31.8 Å². The summed E-state index contributed by atoms with van der Waals surface area (Å²) in [5, 5.41) is 2.99. The van der Waals surface area contributed by atoms with Gasteiger partial charge < -0.3 is 10.2 Å². The van der Waals surface area contributed by atoms with Gasteiger partial charge in [-0.05, 0) is 39.5 Å². The zero-order chi connectivity index (χ0) is 16.4. The average Bonchev–Trinajstić information content (AvgIpc) is 3.05. The molecule has 0 aromatic carbocycles. The third-order valence-electron chi connectivity index (χ3n) is 4.81. The second kappa shape index (κ2) is 6.64. The van der Waals surface area contributed by atoms with Crippen LogP contribution < -0.4 is 10.2 Å². The largest absolute Gasteiger partial charge is 0.341 e. The molecule has 1 saturated carbocycles. The van der Waals surface area contributed by atoms with E-state index in [1.807, 2.05) is 13.8 Å². The van der Waals surface area contributed by atoms with E-state index >= 15 is 0 Å². The van der Waals surface area contributed by atoms with Crippen LogP contribution in [0.15, 0.2) is 0 Å². The van der Waals surface area contributed by atoms with Crippen LogP contribution >= 0.6 is 0 Å². The monoisotopic (exact) mass is 316 g/mol. The summed E-state index contributed by atoms with van der Waals surface area (Å²) in [6.07, 6.45) is 4.69. The van der Waals surface area contributed by atoms with Gasteiger partial charge in [-0.2, -0.15) is 0 Å². The Hall–Kier alpha value is -1.98. The van der Waals surface area contributed by atoms with E-state index in [2.05, 4.69) is 20.2 Å². The van der Waals surface area contributed by atoms with Crippen LogP contribution in [0, 0.1) is 19.8 Å². The molecule has 2 fully saturated rings. The zero-order valence-corrected chi connectivity index (χ0v) is 13.9. The smallest absolute Gasteiger partial charge is 0.227 e. The van der Waals surface area contributed by atoms with Crippen LogP contribution in [0.3, 0.4) is 0 Å². The highest BCUT2D eigenvalue weighted by Gasteiger charge is 2.26. The third-order valence-corrected chi connectivity index (χ3v) is 4.81. The van der Waals surface area contributed by atoms with Gasteiger partial charge >= 0.3 is 0 Å². The minimum Gasteiger partial charge on any atom is -0.341 e. The molecular formula is C17H24N4O2. The minimum atomic E-state index is -0.0789. The molecular weight excluding hydrogens is 292 g/mol. The van der Waals surface area contributed by atoms with Crippen LogP contribution in [-0.4, -0.2) is 34.7 Å². The molecule has 2 aliphatic rings. The Balaban J connectivity index is 1.72. The van der Waals surface area contributed by atoms with Crippen molar-refractivity contribution in [3.63, 3.8) is 0 Å². The normalized spacial score (nSPS) is 19.2. The van der Waals surface area contributed by atoms with Crippen molar-refractivity contribution >= 4 is 23.3 Å². The van der Waals surface area contributed by atoms with Crippen molar-refractivity contribution < 1.29 is 9.59 Å². The van der Waals surface area contributed by atoms with Crippen LogP contribution in [0.1, 0.15) is 49.9 Å². The van der Waals surface area contributed by atoms with Crippen molar-refractivity contribution in [2.75, 3.05) is 23.3 Å². The van der Waals surface area contributed by atoms with Crippen molar-refractivity contribution in [3.8, 4) is 0 Å². The number of hydrogen-bond acceptors (Lipinski definition) is 5. The number of nitrogens with one attached hydrogen (secondary N) is 1. The molecule has 0 atom stereocenters. The van der Waals surface area contributed by atoms with E-state index in [0.29, 0.717) is 25.7 Å². The van der Waals surface area contributed by atoms with E-state index in [0.717, 1.165) is 36.1 Å². The molecule has 124 valence electrons. The molecule has 0 bridgehead atoms. The highest BCUT2D eigenvalue weighted by molar-refractivity contribution is 5.95. The maximum absolute atomic E-state index is 12.4. The Morgan fingerprint density at radius 3 is 2.22 bits per heavy atom. The maximum Gasteiger partial charge on any atom is 0.227 e. The lowest BCUT2D eigenvalue weighted by Gasteiger charge is -2.22. The number of carbonyl (C=O) groups excluding carboxylic acids is 2. The summed E-state index contributed by atoms with van der Waals surface area (Å²) in [5.41, 5.74) is 2.33. The van der Waals surface area contributed by atoms with Crippen LogP contribution in [0.2, 0.25) is 0 Å². The fraction of sp³-hybridized carbons (Fsp3) is 0.647. The van der Waals surface area contributed by atoms with Crippen LogP contribution in [0.5, 0.6) is 0 Å². The van der Waals surface area contributed by atoms with Crippen LogP contribution in [0.4, 0.5) is 11.6 Å². The molecule has 0 spiro atoms. The summed E-state index contributed by atoms with van der Waals surface area (Å²) in [6, 6.07) is 0. The summed E-state index contributed by atoms with van der Waals surface area (Å²) in [4.78, 5) is 35.1. The second-order valence-electron chi connectivity index (χ2n) is 6.57. The number of ketones is 1. The minimum absolute atomic E-state index is 0.0128. The number of amides is 1. The fourth-order valence-corrected chi connectivity index (χ4v) is 3.37. The molecule has 1 N–H and O–H groups in total. The molecule has 1 aromatic rings. The molecule has 6 heteroatoms. The number of rotatable bonds is 3.